The average Bonchev–Trinajstić information content (AvgIpc) is 2.55. The summed E-state index contributed by atoms with van der Waals surface area (Å²) < 4.78 is 15.9. The lowest BCUT2D eigenvalue weighted by Gasteiger charge is -2.12. The number of hydrogen-bond donors (Lipinski definition) is 1. The van der Waals surface area contributed by atoms with Crippen molar-refractivity contribution in [3.63, 3.8) is 0 Å². The minimum absolute atomic E-state index is 0.296. The van der Waals surface area contributed by atoms with E-state index >= 15 is 0 Å². The highest BCUT2D eigenvalue weighted by Gasteiger charge is 2.16. The van der Waals surface area contributed by atoms with Crippen molar-refractivity contribution in [3.8, 4) is 0 Å². The maximum Gasteiger partial charge on any atom is 0.124 e. The van der Waals surface area contributed by atoms with Crippen LogP contribution in [0.5, 0.6) is 0 Å². The molecule has 1 nitrogen and oxygen atoms in total. The Balaban J connectivity index is 2.43. The van der Waals surface area contributed by atoms with Gasteiger partial charge in [-0.25, -0.2) is 4.39 Å². The molecule has 0 saturated heterocycles. The van der Waals surface area contributed by atoms with E-state index in [1.54, 1.807) is 11.3 Å². The molecule has 2 rings (SSSR count). The molecule has 1 aromatic heterocycles. The van der Waals surface area contributed by atoms with Crippen LogP contribution in [0.1, 0.15) is 17.2 Å². The lowest BCUT2D eigenvalue weighted by atomic mass is 10.0. The summed E-state index contributed by atoms with van der Waals surface area (Å²) in [6.45, 7) is 0. The molecule has 1 unspecified atom stereocenters. The molecule has 0 fully saturated rings. The van der Waals surface area contributed by atoms with Crippen LogP contribution < -0.4 is 5.73 Å². The van der Waals surface area contributed by atoms with Crippen molar-refractivity contribution in [1.82, 2.24) is 0 Å². The van der Waals surface area contributed by atoms with Crippen molar-refractivity contribution in [2.45, 2.75) is 6.04 Å². The Labute approximate surface area is 128 Å². The van der Waals surface area contributed by atoms with Crippen molar-refractivity contribution < 1.29 is 4.39 Å². The third kappa shape index (κ3) is 3.17. The fourth-order valence-corrected chi connectivity index (χ4v) is 4.91. The van der Waals surface area contributed by atoms with Gasteiger partial charge in [0, 0.05) is 4.47 Å². The zero-order valence-corrected chi connectivity index (χ0v) is 14.0. The van der Waals surface area contributed by atoms with Gasteiger partial charge in [0.1, 0.15) is 5.82 Å². The Morgan fingerprint density at radius 2 is 1.82 bits per heavy atom. The first-order chi connectivity index (χ1) is 7.97. The van der Waals surface area contributed by atoms with Crippen LogP contribution in [0.15, 0.2) is 36.3 Å². The summed E-state index contributed by atoms with van der Waals surface area (Å²) >= 11 is 11.7. The van der Waals surface area contributed by atoms with Crippen molar-refractivity contribution in [1.29, 1.82) is 0 Å². The minimum Gasteiger partial charge on any atom is -0.320 e. The lowest BCUT2D eigenvalue weighted by Crippen LogP contribution is -2.11. The van der Waals surface area contributed by atoms with Crippen LogP contribution in [-0.4, -0.2) is 0 Å². The summed E-state index contributed by atoms with van der Waals surface area (Å²) in [6.07, 6.45) is 0. The zero-order chi connectivity index (χ0) is 12.6. The van der Waals surface area contributed by atoms with E-state index in [1.807, 2.05) is 12.1 Å². The molecule has 2 aromatic rings. The topological polar surface area (TPSA) is 26.0 Å². The third-order valence-electron chi connectivity index (χ3n) is 2.26. The first kappa shape index (κ1) is 13.7. The Hall–Kier alpha value is 0.250. The summed E-state index contributed by atoms with van der Waals surface area (Å²) in [5, 5.41) is 0. The van der Waals surface area contributed by atoms with Gasteiger partial charge >= 0.3 is 0 Å². The molecule has 2 N–H and O–H groups in total. The molecule has 90 valence electrons. The van der Waals surface area contributed by atoms with Crippen LogP contribution in [0.3, 0.4) is 0 Å². The van der Waals surface area contributed by atoms with Crippen LogP contribution in [0.2, 0.25) is 0 Å². The number of nitrogens with two attached hydrogens (primary N) is 1. The zero-order valence-electron chi connectivity index (χ0n) is 8.38. The molecule has 1 aromatic carbocycles. The molecule has 0 aliphatic heterocycles. The molecular weight excluding hydrogens is 437 g/mol. The van der Waals surface area contributed by atoms with Crippen molar-refractivity contribution in [2.24, 2.45) is 5.73 Å². The Kier molecular flexibility index (Phi) is 4.41. The van der Waals surface area contributed by atoms with E-state index in [4.69, 9.17) is 5.73 Å². The number of halogens is 4. The Bertz CT molecular complexity index is 535. The molecule has 1 atom stereocenters. The quantitative estimate of drug-likeness (QED) is 0.676. The van der Waals surface area contributed by atoms with E-state index in [-0.39, 0.29) is 11.9 Å². The van der Waals surface area contributed by atoms with E-state index in [0.29, 0.717) is 4.47 Å². The Morgan fingerprint density at radius 3 is 2.35 bits per heavy atom. The summed E-state index contributed by atoms with van der Waals surface area (Å²) in [7, 11) is 0. The third-order valence-corrected chi connectivity index (χ3v) is 5.11. The second-order valence-electron chi connectivity index (χ2n) is 3.46. The predicted molar refractivity (Wildman–Crippen MR) is 79.8 cm³/mol. The molecule has 0 bridgehead atoms. The molecule has 17 heavy (non-hydrogen) atoms. The first-order valence-corrected chi connectivity index (χ1v) is 7.83. The van der Waals surface area contributed by atoms with Crippen molar-refractivity contribution >= 4 is 59.1 Å². The molecule has 0 spiro atoms. The van der Waals surface area contributed by atoms with Gasteiger partial charge in [-0.05, 0) is 67.3 Å². The summed E-state index contributed by atoms with van der Waals surface area (Å²) in [5.74, 6) is -0.296. The van der Waals surface area contributed by atoms with Gasteiger partial charge in [0.15, 0.2) is 0 Å². The molecule has 6 heteroatoms. The molecule has 0 saturated carbocycles. The van der Waals surface area contributed by atoms with Crippen LogP contribution in [0.25, 0.3) is 0 Å². The largest absolute Gasteiger partial charge is 0.320 e. The van der Waals surface area contributed by atoms with Gasteiger partial charge in [0.2, 0.25) is 0 Å². The van der Waals surface area contributed by atoms with Gasteiger partial charge in [-0.2, -0.15) is 0 Å². The second kappa shape index (κ2) is 5.48. The van der Waals surface area contributed by atoms with Gasteiger partial charge in [0.05, 0.1) is 13.6 Å². The van der Waals surface area contributed by atoms with Crippen LogP contribution in [0.4, 0.5) is 4.39 Å². The van der Waals surface area contributed by atoms with Gasteiger partial charge in [-0.1, -0.05) is 15.9 Å². The smallest absolute Gasteiger partial charge is 0.124 e. The van der Waals surface area contributed by atoms with E-state index in [9.17, 15) is 4.39 Å². The van der Waals surface area contributed by atoms with Gasteiger partial charge in [0.25, 0.3) is 0 Å². The predicted octanol–water partition coefficient (Wildman–Crippen LogP) is 5.22. The summed E-state index contributed by atoms with van der Waals surface area (Å²) in [5.41, 5.74) is 7.82. The van der Waals surface area contributed by atoms with Gasteiger partial charge in [-0.15, -0.1) is 11.3 Å². The van der Waals surface area contributed by atoms with Crippen LogP contribution in [0, 0.1) is 5.82 Å². The highest BCUT2D eigenvalue weighted by Crippen LogP contribution is 2.37. The first-order valence-electron chi connectivity index (χ1n) is 4.63. The molecule has 0 radical (unpaired) electrons. The monoisotopic (exact) mass is 441 g/mol. The van der Waals surface area contributed by atoms with E-state index < -0.39 is 0 Å². The number of thiophene rings is 1. The standard InChI is InChI=1S/C11H7Br3FNS/c12-6-1-5(2-7(15)3-6)10(16)8-4-9(13)17-11(8)14/h1-4,10H,16H2. The average molecular weight is 444 g/mol. The lowest BCUT2D eigenvalue weighted by molar-refractivity contribution is 0.622. The molecule has 0 amide bonds. The molecular formula is C11H7Br3FNS. The highest BCUT2D eigenvalue weighted by atomic mass is 79.9. The van der Waals surface area contributed by atoms with E-state index in [2.05, 4.69) is 47.8 Å². The van der Waals surface area contributed by atoms with Crippen LogP contribution in [-0.2, 0) is 0 Å². The fourth-order valence-electron chi connectivity index (χ4n) is 1.50. The fraction of sp³-hybridized carbons (Fsp3) is 0.0909. The Morgan fingerprint density at radius 1 is 1.12 bits per heavy atom. The van der Waals surface area contributed by atoms with E-state index in [0.717, 1.165) is 18.7 Å². The van der Waals surface area contributed by atoms with Crippen molar-refractivity contribution in [3.05, 3.63) is 53.3 Å². The summed E-state index contributed by atoms with van der Waals surface area (Å²) in [6, 6.07) is 6.28. The number of benzene rings is 1. The number of hydrogen-bond acceptors (Lipinski definition) is 2. The minimum atomic E-state index is -0.348. The SMILES string of the molecule is NC(c1cc(F)cc(Br)c1)c1cc(Br)sc1Br. The van der Waals surface area contributed by atoms with E-state index in [1.165, 1.54) is 12.1 Å². The van der Waals surface area contributed by atoms with Gasteiger partial charge in [-0.3, -0.25) is 0 Å². The van der Waals surface area contributed by atoms with Gasteiger partial charge < -0.3 is 5.73 Å². The van der Waals surface area contributed by atoms with Crippen molar-refractivity contribution in [2.75, 3.05) is 0 Å². The van der Waals surface area contributed by atoms with Crippen LogP contribution >= 0.6 is 59.1 Å². The molecule has 1 heterocycles. The maximum atomic E-state index is 13.3. The number of rotatable bonds is 2. The summed E-state index contributed by atoms with van der Waals surface area (Å²) in [4.78, 5) is 0. The maximum absolute atomic E-state index is 13.3. The molecule has 0 aliphatic carbocycles. The normalized spacial score (nSPS) is 12.8. The molecule has 0 aliphatic rings. The highest BCUT2D eigenvalue weighted by molar-refractivity contribution is 9.12. The second-order valence-corrected chi connectivity index (χ2v) is 8.13.